The quantitative estimate of drug-likeness (QED) is 0.720. The molecule has 0 fully saturated rings. The van der Waals surface area contributed by atoms with Gasteiger partial charge < -0.3 is 10.1 Å². The van der Waals surface area contributed by atoms with Crippen molar-refractivity contribution in [3.05, 3.63) is 60.8 Å². The Morgan fingerprint density at radius 3 is 2.65 bits per heavy atom. The molecule has 1 heterocycles. The van der Waals surface area contributed by atoms with Crippen LogP contribution in [-0.4, -0.2) is 23.1 Å². The summed E-state index contributed by atoms with van der Waals surface area (Å²) < 4.78 is 5.60. The summed E-state index contributed by atoms with van der Waals surface area (Å²) in [6.45, 7) is 1.23. The van der Waals surface area contributed by atoms with Gasteiger partial charge in [-0.3, -0.25) is 0 Å². The lowest BCUT2D eigenvalue weighted by molar-refractivity contribution is 0.332. The molecule has 0 aliphatic carbocycles. The summed E-state index contributed by atoms with van der Waals surface area (Å²) in [4.78, 5) is 8.72. The van der Waals surface area contributed by atoms with E-state index in [2.05, 4.69) is 15.3 Å². The van der Waals surface area contributed by atoms with Crippen LogP contribution in [0.1, 0.15) is 0 Å². The van der Waals surface area contributed by atoms with Crippen LogP contribution in [0.2, 0.25) is 0 Å². The lowest BCUT2D eigenvalue weighted by atomic mass is 10.2. The van der Waals surface area contributed by atoms with Crippen LogP contribution in [-0.2, 0) is 0 Å². The van der Waals surface area contributed by atoms with Crippen molar-refractivity contribution >= 4 is 16.9 Å². The first-order valence-electron chi connectivity index (χ1n) is 6.55. The molecule has 0 spiro atoms. The number of benzene rings is 2. The molecule has 0 amide bonds. The Morgan fingerprint density at radius 1 is 0.950 bits per heavy atom. The summed E-state index contributed by atoms with van der Waals surface area (Å²) in [5, 5.41) is 4.20. The third kappa shape index (κ3) is 3.03. The molecular weight excluding hydrogens is 250 g/mol. The van der Waals surface area contributed by atoms with Gasteiger partial charge in [0.05, 0.1) is 12.1 Å². The molecule has 1 aromatic heterocycles. The Labute approximate surface area is 117 Å². The van der Waals surface area contributed by atoms with Crippen LogP contribution >= 0.6 is 0 Å². The van der Waals surface area contributed by atoms with Gasteiger partial charge in [-0.1, -0.05) is 36.4 Å². The maximum atomic E-state index is 5.60. The van der Waals surface area contributed by atoms with E-state index >= 15 is 0 Å². The van der Waals surface area contributed by atoms with Crippen molar-refractivity contribution < 1.29 is 4.74 Å². The van der Waals surface area contributed by atoms with Crippen molar-refractivity contribution in [2.75, 3.05) is 18.5 Å². The van der Waals surface area contributed by atoms with Crippen LogP contribution in [0.3, 0.4) is 0 Å². The number of hydrogen-bond donors (Lipinski definition) is 1. The Bertz CT molecular complexity index is 685. The highest BCUT2D eigenvalue weighted by molar-refractivity contribution is 5.78. The van der Waals surface area contributed by atoms with Crippen molar-refractivity contribution in [2.45, 2.75) is 0 Å². The fourth-order valence-corrected chi connectivity index (χ4v) is 1.91. The minimum Gasteiger partial charge on any atom is -0.492 e. The van der Waals surface area contributed by atoms with Gasteiger partial charge in [0.2, 0.25) is 5.95 Å². The molecule has 1 N–H and O–H groups in total. The number of anilines is 1. The van der Waals surface area contributed by atoms with E-state index < -0.39 is 0 Å². The average molecular weight is 265 g/mol. The number of para-hydroxylation sites is 2. The maximum Gasteiger partial charge on any atom is 0.223 e. The number of nitrogens with one attached hydrogen (secondary N) is 1. The summed E-state index contributed by atoms with van der Waals surface area (Å²) in [6.07, 6.45) is 1.82. The molecule has 4 heteroatoms. The van der Waals surface area contributed by atoms with Crippen LogP contribution in [0.4, 0.5) is 5.95 Å². The van der Waals surface area contributed by atoms with Gasteiger partial charge in [-0.2, -0.15) is 0 Å². The van der Waals surface area contributed by atoms with Crippen molar-refractivity contribution in [3.8, 4) is 5.75 Å². The highest BCUT2D eigenvalue weighted by Gasteiger charge is 1.98. The Morgan fingerprint density at radius 2 is 1.75 bits per heavy atom. The van der Waals surface area contributed by atoms with E-state index in [4.69, 9.17) is 4.74 Å². The van der Waals surface area contributed by atoms with Gasteiger partial charge in [0.25, 0.3) is 0 Å². The van der Waals surface area contributed by atoms with Crippen LogP contribution in [0.15, 0.2) is 60.8 Å². The smallest absolute Gasteiger partial charge is 0.223 e. The Kier molecular flexibility index (Phi) is 3.73. The third-order valence-corrected chi connectivity index (χ3v) is 2.89. The average Bonchev–Trinajstić information content (AvgIpc) is 2.52. The lowest BCUT2D eigenvalue weighted by Crippen LogP contribution is -2.13. The highest BCUT2D eigenvalue weighted by atomic mass is 16.5. The second-order valence-corrected chi connectivity index (χ2v) is 4.34. The predicted molar refractivity (Wildman–Crippen MR) is 80.0 cm³/mol. The molecule has 0 aliphatic rings. The molecule has 0 unspecified atom stereocenters. The summed E-state index contributed by atoms with van der Waals surface area (Å²) in [5.41, 5.74) is 0.939. The number of rotatable bonds is 5. The molecule has 20 heavy (non-hydrogen) atoms. The van der Waals surface area contributed by atoms with E-state index in [0.717, 1.165) is 16.7 Å². The van der Waals surface area contributed by atoms with Crippen molar-refractivity contribution in [1.29, 1.82) is 0 Å². The molecule has 4 nitrogen and oxygen atoms in total. The lowest BCUT2D eigenvalue weighted by Gasteiger charge is -2.07. The number of hydrogen-bond acceptors (Lipinski definition) is 4. The minimum absolute atomic E-state index is 0.570. The molecule has 0 radical (unpaired) electrons. The van der Waals surface area contributed by atoms with Crippen LogP contribution in [0, 0.1) is 0 Å². The first kappa shape index (κ1) is 12.4. The summed E-state index contributed by atoms with van der Waals surface area (Å²) in [7, 11) is 0. The van der Waals surface area contributed by atoms with E-state index in [9.17, 15) is 0 Å². The van der Waals surface area contributed by atoms with Crippen LogP contribution < -0.4 is 10.1 Å². The largest absolute Gasteiger partial charge is 0.492 e. The van der Waals surface area contributed by atoms with E-state index in [1.807, 2.05) is 60.8 Å². The molecule has 100 valence electrons. The first-order chi connectivity index (χ1) is 9.92. The fourth-order valence-electron chi connectivity index (χ4n) is 1.91. The molecule has 3 aromatic rings. The van der Waals surface area contributed by atoms with Gasteiger partial charge in [0, 0.05) is 11.6 Å². The van der Waals surface area contributed by atoms with Crippen molar-refractivity contribution in [1.82, 2.24) is 9.97 Å². The summed E-state index contributed by atoms with van der Waals surface area (Å²) in [6, 6.07) is 17.7. The van der Waals surface area contributed by atoms with Crippen LogP contribution in [0.25, 0.3) is 10.9 Å². The Balaban J connectivity index is 1.55. The molecule has 0 bridgehead atoms. The predicted octanol–water partition coefficient (Wildman–Crippen LogP) is 3.12. The Hall–Kier alpha value is -2.62. The molecule has 0 atom stereocenters. The SMILES string of the molecule is c1ccc(OCCNc2ncc3ccccc3n2)cc1. The van der Waals surface area contributed by atoms with E-state index in [1.54, 1.807) is 0 Å². The molecule has 3 rings (SSSR count). The van der Waals surface area contributed by atoms with Gasteiger partial charge in [-0.25, -0.2) is 9.97 Å². The van der Waals surface area contributed by atoms with Gasteiger partial charge in [-0.05, 0) is 18.2 Å². The first-order valence-corrected chi connectivity index (χ1v) is 6.55. The minimum atomic E-state index is 0.570. The van der Waals surface area contributed by atoms with E-state index in [0.29, 0.717) is 19.1 Å². The van der Waals surface area contributed by atoms with Gasteiger partial charge in [0.1, 0.15) is 12.4 Å². The zero-order valence-corrected chi connectivity index (χ0v) is 11.0. The number of ether oxygens (including phenoxy) is 1. The number of aromatic nitrogens is 2. The third-order valence-electron chi connectivity index (χ3n) is 2.89. The second kappa shape index (κ2) is 6.02. The number of fused-ring (bicyclic) bond motifs is 1. The van der Waals surface area contributed by atoms with Crippen molar-refractivity contribution in [3.63, 3.8) is 0 Å². The van der Waals surface area contributed by atoms with Crippen LogP contribution in [0.5, 0.6) is 5.75 Å². The van der Waals surface area contributed by atoms with Gasteiger partial charge in [0.15, 0.2) is 0 Å². The van der Waals surface area contributed by atoms with E-state index in [1.165, 1.54) is 0 Å². The van der Waals surface area contributed by atoms with Gasteiger partial charge >= 0.3 is 0 Å². The van der Waals surface area contributed by atoms with E-state index in [-0.39, 0.29) is 0 Å². The fraction of sp³-hybridized carbons (Fsp3) is 0.125. The molecule has 0 saturated heterocycles. The summed E-state index contributed by atoms with van der Waals surface area (Å²) in [5.74, 6) is 1.49. The van der Waals surface area contributed by atoms with Crippen molar-refractivity contribution in [2.24, 2.45) is 0 Å². The summed E-state index contributed by atoms with van der Waals surface area (Å²) >= 11 is 0. The molecule has 0 aliphatic heterocycles. The normalized spacial score (nSPS) is 10.4. The monoisotopic (exact) mass is 265 g/mol. The zero-order chi connectivity index (χ0) is 13.6. The molecule has 2 aromatic carbocycles. The second-order valence-electron chi connectivity index (χ2n) is 4.34. The topological polar surface area (TPSA) is 47.0 Å². The van der Waals surface area contributed by atoms with Gasteiger partial charge in [-0.15, -0.1) is 0 Å². The standard InChI is InChI=1S/C16H15N3O/c1-2-7-14(8-3-1)20-11-10-17-16-18-12-13-6-4-5-9-15(13)19-16/h1-9,12H,10-11H2,(H,17,18,19). The highest BCUT2D eigenvalue weighted by Crippen LogP contribution is 2.11. The zero-order valence-electron chi connectivity index (χ0n) is 11.0. The molecular formula is C16H15N3O. The maximum absolute atomic E-state index is 5.60. The molecule has 0 saturated carbocycles. The number of nitrogens with zero attached hydrogens (tertiary/aromatic N) is 2.